The number of hydrogen-bond acceptors (Lipinski definition) is 5. The summed E-state index contributed by atoms with van der Waals surface area (Å²) in [5.74, 6) is 2.11. The van der Waals surface area contributed by atoms with Crippen molar-refractivity contribution in [3.05, 3.63) is 51.6 Å². The smallest absolute Gasteiger partial charge is 0.349 e. The molecular formula is C22H27N3O3. The Bertz CT molecular complexity index is 962. The number of nitrogens with zero attached hydrogens (tertiary/aromatic N) is 2. The Hall–Kier alpha value is -2.76. The maximum absolute atomic E-state index is 12.5. The van der Waals surface area contributed by atoms with Crippen LogP contribution >= 0.6 is 0 Å². The molecule has 4 rings (SSSR count). The van der Waals surface area contributed by atoms with Crippen LogP contribution in [0.3, 0.4) is 0 Å². The second-order valence-corrected chi connectivity index (χ2v) is 7.37. The SMILES string of the molecule is COc1ccc(CCNc2cc3n(c(=O)n2)CCC2=C3CCCC2)cc1OC. The predicted molar refractivity (Wildman–Crippen MR) is 110 cm³/mol. The lowest BCUT2D eigenvalue weighted by molar-refractivity contribution is 0.354. The largest absolute Gasteiger partial charge is 0.493 e. The first kappa shape index (κ1) is 18.6. The maximum atomic E-state index is 12.5. The van der Waals surface area contributed by atoms with Gasteiger partial charge in [0.1, 0.15) is 5.82 Å². The van der Waals surface area contributed by atoms with Gasteiger partial charge in [-0.3, -0.25) is 4.57 Å². The fourth-order valence-corrected chi connectivity index (χ4v) is 4.23. The van der Waals surface area contributed by atoms with Gasteiger partial charge in [-0.2, -0.15) is 4.98 Å². The van der Waals surface area contributed by atoms with Crippen molar-refractivity contribution >= 4 is 11.4 Å². The van der Waals surface area contributed by atoms with Crippen molar-refractivity contribution in [2.75, 3.05) is 26.1 Å². The van der Waals surface area contributed by atoms with Gasteiger partial charge < -0.3 is 14.8 Å². The van der Waals surface area contributed by atoms with Crippen LogP contribution in [0.1, 0.15) is 43.4 Å². The zero-order valence-corrected chi connectivity index (χ0v) is 16.6. The highest BCUT2D eigenvalue weighted by Crippen LogP contribution is 2.37. The fourth-order valence-electron chi connectivity index (χ4n) is 4.23. The molecule has 2 aromatic rings. The number of benzene rings is 1. The predicted octanol–water partition coefficient (Wildman–Crippen LogP) is 3.65. The van der Waals surface area contributed by atoms with E-state index in [-0.39, 0.29) is 5.69 Å². The van der Waals surface area contributed by atoms with E-state index in [1.807, 2.05) is 22.8 Å². The topological polar surface area (TPSA) is 65.4 Å². The van der Waals surface area contributed by atoms with Gasteiger partial charge in [0.15, 0.2) is 11.5 Å². The van der Waals surface area contributed by atoms with Gasteiger partial charge in [-0.15, -0.1) is 0 Å². The molecule has 0 spiro atoms. The van der Waals surface area contributed by atoms with Crippen LogP contribution in [0.25, 0.3) is 5.57 Å². The van der Waals surface area contributed by atoms with Gasteiger partial charge in [-0.25, -0.2) is 4.79 Å². The number of hydrogen-bond donors (Lipinski definition) is 1. The molecule has 2 aliphatic rings. The minimum atomic E-state index is -0.150. The van der Waals surface area contributed by atoms with Gasteiger partial charge in [-0.1, -0.05) is 11.6 Å². The lowest BCUT2D eigenvalue weighted by Gasteiger charge is -2.28. The van der Waals surface area contributed by atoms with E-state index < -0.39 is 0 Å². The van der Waals surface area contributed by atoms with E-state index in [0.717, 1.165) is 48.6 Å². The summed E-state index contributed by atoms with van der Waals surface area (Å²) >= 11 is 0. The summed E-state index contributed by atoms with van der Waals surface area (Å²) in [4.78, 5) is 16.8. The van der Waals surface area contributed by atoms with E-state index >= 15 is 0 Å². The molecule has 1 N–H and O–H groups in total. The fraction of sp³-hybridized carbons (Fsp3) is 0.455. The van der Waals surface area contributed by atoms with Crippen molar-refractivity contribution in [3.63, 3.8) is 0 Å². The molecular weight excluding hydrogens is 354 g/mol. The molecule has 0 atom stereocenters. The molecule has 1 aromatic carbocycles. The van der Waals surface area contributed by atoms with Crippen LogP contribution in [-0.2, 0) is 13.0 Å². The Kier molecular flexibility index (Phi) is 5.37. The van der Waals surface area contributed by atoms with Crippen molar-refractivity contribution < 1.29 is 9.47 Å². The quantitative estimate of drug-likeness (QED) is 0.827. The Morgan fingerprint density at radius 2 is 1.89 bits per heavy atom. The summed E-state index contributed by atoms with van der Waals surface area (Å²) in [6, 6.07) is 7.97. The van der Waals surface area contributed by atoms with Crippen molar-refractivity contribution in [1.82, 2.24) is 9.55 Å². The minimum Gasteiger partial charge on any atom is -0.493 e. The summed E-state index contributed by atoms with van der Waals surface area (Å²) in [6.45, 7) is 1.45. The third-order valence-corrected chi connectivity index (χ3v) is 5.71. The average molecular weight is 381 g/mol. The van der Waals surface area contributed by atoms with Crippen molar-refractivity contribution in [3.8, 4) is 11.5 Å². The lowest BCUT2D eigenvalue weighted by Crippen LogP contribution is -2.30. The molecule has 0 radical (unpaired) electrons. The summed E-state index contributed by atoms with van der Waals surface area (Å²) in [5.41, 5.74) is 4.96. The molecule has 0 saturated heterocycles. The first-order valence-electron chi connectivity index (χ1n) is 9.97. The highest BCUT2D eigenvalue weighted by molar-refractivity contribution is 5.70. The second-order valence-electron chi connectivity index (χ2n) is 7.37. The molecule has 6 nitrogen and oxygen atoms in total. The van der Waals surface area contributed by atoms with E-state index in [9.17, 15) is 4.79 Å². The molecule has 6 heteroatoms. The summed E-state index contributed by atoms with van der Waals surface area (Å²) < 4.78 is 12.5. The van der Waals surface area contributed by atoms with Gasteiger partial charge in [0.2, 0.25) is 0 Å². The number of methoxy groups -OCH3 is 2. The normalized spacial score (nSPS) is 15.6. The van der Waals surface area contributed by atoms with E-state index in [4.69, 9.17) is 9.47 Å². The van der Waals surface area contributed by atoms with Crippen LogP contribution in [0.2, 0.25) is 0 Å². The molecule has 0 amide bonds. The number of rotatable bonds is 6. The first-order valence-corrected chi connectivity index (χ1v) is 9.97. The van der Waals surface area contributed by atoms with Gasteiger partial charge in [0, 0.05) is 19.2 Å². The average Bonchev–Trinajstić information content (AvgIpc) is 2.73. The monoisotopic (exact) mass is 381 g/mol. The van der Waals surface area contributed by atoms with E-state index in [2.05, 4.69) is 16.4 Å². The molecule has 28 heavy (non-hydrogen) atoms. The van der Waals surface area contributed by atoms with Crippen molar-refractivity contribution in [2.45, 2.75) is 45.1 Å². The third-order valence-electron chi connectivity index (χ3n) is 5.71. The molecule has 0 unspecified atom stereocenters. The molecule has 1 aromatic heterocycles. The highest BCUT2D eigenvalue weighted by Gasteiger charge is 2.23. The first-order chi connectivity index (χ1) is 13.7. The second kappa shape index (κ2) is 8.09. The van der Waals surface area contributed by atoms with Gasteiger partial charge in [0.25, 0.3) is 0 Å². The van der Waals surface area contributed by atoms with Gasteiger partial charge in [0.05, 0.1) is 19.9 Å². The minimum absolute atomic E-state index is 0.150. The standard InChI is InChI=1S/C22H27N3O3/c1-27-19-8-7-15(13-20(19)28-2)9-11-23-21-14-18-17-6-4-3-5-16(17)10-12-25(18)22(26)24-21/h7-8,13-14H,3-6,9-12H2,1-2H3,(H,23,24,26). The molecule has 2 heterocycles. The molecule has 1 aliphatic heterocycles. The van der Waals surface area contributed by atoms with Crippen molar-refractivity contribution in [1.29, 1.82) is 0 Å². The lowest BCUT2D eigenvalue weighted by atomic mass is 9.86. The Morgan fingerprint density at radius 1 is 1.07 bits per heavy atom. The number of nitrogens with one attached hydrogen (secondary N) is 1. The highest BCUT2D eigenvalue weighted by atomic mass is 16.5. The van der Waals surface area contributed by atoms with E-state index in [0.29, 0.717) is 12.4 Å². The van der Waals surface area contributed by atoms with Crippen molar-refractivity contribution in [2.24, 2.45) is 0 Å². The third kappa shape index (κ3) is 3.63. The molecule has 0 bridgehead atoms. The summed E-state index contributed by atoms with van der Waals surface area (Å²) in [7, 11) is 3.27. The van der Waals surface area contributed by atoms with Gasteiger partial charge in [-0.05, 0) is 61.8 Å². The van der Waals surface area contributed by atoms with Crippen LogP contribution in [-0.4, -0.2) is 30.3 Å². The molecule has 0 fully saturated rings. The van der Waals surface area contributed by atoms with Gasteiger partial charge >= 0.3 is 5.69 Å². The zero-order chi connectivity index (χ0) is 19.5. The Labute approximate surface area is 165 Å². The van der Waals surface area contributed by atoms with E-state index in [1.54, 1.807) is 14.2 Å². The van der Waals surface area contributed by atoms with Crippen LogP contribution in [0.15, 0.2) is 34.6 Å². The zero-order valence-electron chi connectivity index (χ0n) is 16.6. The van der Waals surface area contributed by atoms with Crippen LogP contribution in [0, 0.1) is 0 Å². The number of anilines is 1. The van der Waals surface area contributed by atoms with Crippen LogP contribution in [0.4, 0.5) is 5.82 Å². The number of fused-ring (bicyclic) bond motifs is 2. The Balaban J connectivity index is 1.49. The molecule has 1 aliphatic carbocycles. The molecule has 0 saturated carbocycles. The number of ether oxygens (including phenoxy) is 2. The Morgan fingerprint density at radius 3 is 2.71 bits per heavy atom. The van der Waals surface area contributed by atoms with E-state index in [1.165, 1.54) is 30.4 Å². The number of allylic oxidation sites excluding steroid dienone is 2. The maximum Gasteiger partial charge on any atom is 0.349 e. The number of aromatic nitrogens is 2. The van der Waals surface area contributed by atoms with Crippen LogP contribution < -0.4 is 20.5 Å². The molecule has 148 valence electrons. The van der Waals surface area contributed by atoms with Crippen LogP contribution in [0.5, 0.6) is 11.5 Å². The summed E-state index contributed by atoms with van der Waals surface area (Å²) in [6.07, 6.45) is 6.52. The summed E-state index contributed by atoms with van der Waals surface area (Å²) in [5, 5.41) is 3.33.